The van der Waals surface area contributed by atoms with Crippen molar-refractivity contribution in [3.8, 4) is 0 Å². The van der Waals surface area contributed by atoms with E-state index in [0.717, 1.165) is 43.0 Å². The predicted molar refractivity (Wildman–Crippen MR) is 352 cm³/mol. The zero-order valence-electron chi connectivity index (χ0n) is 55.6. The van der Waals surface area contributed by atoms with Gasteiger partial charge >= 0.3 is 0 Å². The number of imidazole rings is 1. The van der Waals surface area contributed by atoms with Gasteiger partial charge in [0.1, 0.15) is 42.3 Å². The average Bonchev–Trinajstić information content (AvgIpc) is 1.31. The third-order valence-electron chi connectivity index (χ3n) is 21.0. The number of aliphatic hydroxyl groups excluding tert-OH is 2. The molecular formula is C67H103N13O12S. The number of hydrogen-bond donors (Lipinski definition) is 14. The smallest absolute Gasteiger partial charge is 0.243 e. The number of rotatable bonds is 33. The molecule has 2 heterocycles. The lowest BCUT2D eigenvalue weighted by Gasteiger charge is -2.63. The minimum absolute atomic E-state index is 0.00595. The van der Waals surface area contributed by atoms with Crippen LogP contribution in [0.25, 0.3) is 10.9 Å². The van der Waals surface area contributed by atoms with Crippen LogP contribution in [0.3, 0.4) is 0 Å². The van der Waals surface area contributed by atoms with Gasteiger partial charge in [-0.15, -0.1) is 0 Å². The first kappa shape index (κ1) is 73.4. The summed E-state index contributed by atoms with van der Waals surface area (Å²) in [6.07, 6.45) is 13.6. The van der Waals surface area contributed by atoms with Crippen molar-refractivity contribution in [1.82, 2.24) is 57.5 Å². The molecule has 3 aromatic rings. The Labute approximate surface area is 550 Å². The maximum Gasteiger partial charge on any atom is 0.243 e. The van der Waals surface area contributed by atoms with E-state index in [1.807, 2.05) is 44.4 Å². The Hall–Kier alpha value is -7.06. The summed E-state index contributed by atoms with van der Waals surface area (Å²) in [6.45, 7) is 14.4. The predicted octanol–water partition coefficient (Wildman–Crippen LogP) is 2.82. The lowest BCUT2D eigenvalue weighted by molar-refractivity contribution is -0.201. The number of amides is 10. The fourth-order valence-corrected chi connectivity index (χ4v) is 16.3. The van der Waals surface area contributed by atoms with Gasteiger partial charge in [0.15, 0.2) is 0 Å². The number of fused-ring (bicyclic) bond motifs is 6. The minimum Gasteiger partial charge on any atom is -0.393 e. The van der Waals surface area contributed by atoms with Crippen LogP contribution in [0.4, 0.5) is 0 Å². The third-order valence-corrected chi connectivity index (χ3v) is 21.7. The van der Waals surface area contributed by atoms with Crippen LogP contribution in [0.5, 0.6) is 0 Å². The Balaban J connectivity index is 0.974. The van der Waals surface area contributed by atoms with Crippen LogP contribution in [-0.2, 0) is 60.8 Å². The summed E-state index contributed by atoms with van der Waals surface area (Å²) in [7, 11) is 0. The second-order valence-corrected chi connectivity index (χ2v) is 29.1. The molecule has 4 saturated carbocycles. The SMILES string of the molecule is CSCC[C@H](NC(=O)[C@H](CC(C)C)NC(=O)[C@H](Cc1c[nH]cn1)NC(=O)CNC(=O)[C@@H](NC(=O)[C@H](C)NC(=O)[C@H](Cc1c[nH]c2ccccc12)NC(=O)[C@H](CCC(N)=O)NC(=O)CC[C@@H](C)[C@H]1CC[C@H]2[C@@H]3C(O)CC4CCCC[C@]4(C)[C@H]3CC(O)[C@]12C)C(C)C)C(N)=O. The Kier molecular flexibility index (Phi) is 25.9. The first-order valence-electron chi connectivity index (χ1n) is 33.4. The number of H-pyrrole nitrogens is 2. The van der Waals surface area contributed by atoms with Crippen molar-refractivity contribution >= 4 is 81.7 Å². The molecule has 514 valence electrons. The van der Waals surface area contributed by atoms with E-state index >= 15 is 0 Å². The van der Waals surface area contributed by atoms with E-state index < -0.39 is 131 Å². The molecule has 0 bridgehead atoms. The van der Waals surface area contributed by atoms with Crippen LogP contribution in [0.15, 0.2) is 43.0 Å². The van der Waals surface area contributed by atoms with Crippen LogP contribution in [0.1, 0.15) is 157 Å². The highest BCUT2D eigenvalue weighted by molar-refractivity contribution is 7.98. The summed E-state index contributed by atoms with van der Waals surface area (Å²) < 4.78 is 0. The number of aromatic amines is 2. The summed E-state index contributed by atoms with van der Waals surface area (Å²) >= 11 is 1.47. The number of nitrogens with one attached hydrogen (secondary N) is 10. The van der Waals surface area contributed by atoms with Crippen molar-refractivity contribution in [2.45, 2.75) is 213 Å². The summed E-state index contributed by atoms with van der Waals surface area (Å²) in [6, 6.07) is -1.24. The maximum absolute atomic E-state index is 14.5. The molecule has 1 aromatic carbocycles. The highest BCUT2D eigenvalue weighted by Gasteiger charge is 2.65. The molecule has 4 fully saturated rings. The highest BCUT2D eigenvalue weighted by atomic mass is 32.2. The molecule has 3 unspecified atom stereocenters. The minimum atomic E-state index is -1.35. The van der Waals surface area contributed by atoms with E-state index in [0.29, 0.717) is 35.8 Å². The molecule has 4 aliphatic rings. The van der Waals surface area contributed by atoms with Crippen LogP contribution in [0, 0.1) is 58.2 Å². The van der Waals surface area contributed by atoms with E-state index in [2.05, 4.69) is 78.3 Å². The van der Waals surface area contributed by atoms with Crippen molar-refractivity contribution in [3.63, 3.8) is 0 Å². The number of primary amides is 2. The number of aliphatic hydroxyl groups is 2. The highest BCUT2D eigenvalue weighted by Crippen LogP contribution is 2.68. The molecule has 4 aliphatic carbocycles. The zero-order valence-corrected chi connectivity index (χ0v) is 56.4. The van der Waals surface area contributed by atoms with Crippen molar-refractivity contribution in [2.24, 2.45) is 69.6 Å². The van der Waals surface area contributed by atoms with Crippen molar-refractivity contribution in [3.05, 3.63) is 54.2 Å². The number of aromatic nitrogens is 3. The van der Waals surface area contributed by atoms with Gasteiger partial charge in [-0.1, -0.05) is 79.5 Å². The average molecular weight is 1310 g/mol. The van der Waals surface area contributed by atoms with E-state index in [9.17, 15) is 58.2 Å². The second-order valence-electron chi connectivity index (χ2n) is 28.1. The largest absolute Gasteiger partial charge is 0.393 e. The van der Waals surface area contributed by atoms with Crippen LogP contribution < -0.4 is 54.0 Å². The van der Waals surface area contributed by atoms with E-state index in [-0.39, 0.29) is 85.9 Å². The van der Waals surface area contributed by atoms with Crippen LogP contribution in [-0.4, -0.2) is 157 Å². The summed E-state index contributed by atoms with van der Waals surface area (Å²) in [5, 5.41) is 46.1. The number of nitrogens with zero attached hydrogens (tertiary/aromatic N) is 1. The van der Waals surface area contributed by atoms with E-state index in [1.165, 1.54) is 44.1 Å². The van der Waals surface area contributed by atoms with Gasteiger partial charge in [-0.25, -0.2) is 4.98 Å². The number of thioether (sulfide) groups is 1. The lowest BCUT2D eigenvalue weighted by Crippen LogP contribution is -2.61. The molecule has 17 atom stereocenters. The molecule has 25 nitrogen and oxygen atoms in total. The van der Waals surface area contributed by atoms with Gasteiger partial charge in [-0.05, 0) is 153 Å². The van der Waals surface area contributed by atoms with Crippen LogP contribution in [0.2, 0.25) is 0 Å². The number of carbonyl (C=O) groups is 10. The first-order valence-corrected chi connectivity index (χ1v) is 34.8. The number of carbonyl (C=O) groups excluding carboxylic acids is 10. The summed E-state index contributed by atoms with van der Waals surface area (Å²) in [5.74, 6) is -6.19. The lowest BCUT2D eigenvalue weighted by atomic mass is 9.43. The van der Waals surface area contributed by atoms with Gasteiger partial charge in [-0.2, -0.15) is 11.8 Å². The summed E-state index contributed by atoms with van der Waals surface area (Å²) in [5.41, 5.74) is 12.6. The number of nitrogens with two attached hydrogens (primary N) is 2. The normalized spacial score (nSPS) is 25.8. The molecule has 0 radical (unpaired) electrons. The zero-order chi connectivity index (χ0) is 68.1. The van der Waals surface area contributed by atoms with Gasteiger partial charge in [0.2, 0.25) is 59.1 Å². The molecule has 26 heteroatoms. The van der Waals surface area contributed by atoms with Gasteiger partial charge in [0, 0.05) is 49.0 Å². The monoisotopic (exact) mass is 1310 g/mol. The molecule has 16 N–H and O–H groups in total. The Morgan fingerprint density at radius 3 is 2.03 bits per heavy atom. The molecule has 0 spiro atoms. The second kappa shape index (κ2) is 32.9. The van der Waals surface area contributed by atoms with E-state index in [1.54, 1.807) is 20.0 Å². The fraction of sp³-hybridized carbons (Fsp3) is 0.687. The topological polar surface area (TPSA) is 404 Å². The fourth-order valence-electron chi connectivity index (χ4n) is 15.9. The molecule has 0 aliphatic heterocycles. The number of para-hydroxylation sites is 1. The van der Waals surface area contributed by atoms with E-state index in [4.69, 9.17) is 11.5 Å². The van der Waals surface area contributed by atoms with Gasteiger partial charge in [0.25, 0.3) is 0 Å². The molecule has 93 heavy (non-hydrogen) atoms. The van der Waals surface area contributed by atoms with Gasteiger partial charge in [0.05, 0.1) is 30.8 Å². The first-order chi connectivity index (χ1) is 44.0. The third kappa shape index (κ3) is 18.5. The molecular weight excluding hydrogens is 1210 g/mol. The molecule has 2 aromatic heterocycles. The number of benzene rings is 1. The van der Waals surface area contributed by atoms with Crippen molar-refractivity contribution in [1.29, 1.82) is 0 Å². The standard InChI is InChI=1S/C67H103N13O12S/c1-35(2)26-49(63(90)77-47(59(69)86)23-25-93-9)78-64(91)51(29-41-32-70-34-73-41)76-56(85)33-72-65(92)58(36(3)4)80-60(87)38(6)74-62(89)50(27-39-31-71-46-16-11-10-15-42(39)46)79-61(88)48(20-21-54(68)83)75-55(84)22-17-37(5)43-18-19-44-57-45(30-53(82)67(43,44)8)66(7)24-13-12-14-40(66)28-52(57)81/h10-11,15-16,31-32,34-38,40,43-45,47-53,57-58,71,81-82H,12-14,17-30,33H2,1-9H3,(H2,68,83)(H2,69,86)(H,70,73)(H,72,92)(H,74,89)(H,75,84)(H,76,85)(H,77,90)(H,78,91)(H,79,88)(H,80,87)/t37-,38+,40?,43-,44+,45+,47+,48+,49+,50+,51+,52?,53?,57+,58+,66+,67-/m1/s1. The van der Waals surface area contributed by atoms with Gasteiger partial charge in [-0.3, -0.25) is 47.9 Å². The molecule has 7 rings (SSSR count). The molecule has 0 saturated heterocycles. The van der Waals surface area contributed by atoms with Crippen molar-refractivity contribution < 1.29 is 58.2 Å². The quantitative estimate of drug-likeness (QED) is 0.0417. The Morgan fingerprint density at radius 1 is 0.688 bits per heavy atom. The summed E-state index contributed by atoms with van der Waals surface area (Å²) in [4.78, 5) is 146. The van der Waals surface area contributed by atoms with Crippen molar-refractivity contribution in [2.75, 3.05) is 18.6 Å². The van der Waals surface area contributed by atoms with Crippen LogP contribution >= 0.6 is 11.8 Å². The maximum atomic E-state index is 14.5. The Morgan fingerprint density at radius 2 is 1.35 bits per heavy atom. The van der Waals surface area contributed by atoms with Gasteiger partial charge < -0.3 is 74.2 Å². The molecule has 10 amide bonds. The Bertz CT molecular complexity index is 3110. The number of hydrogen-bond acceptors (Lipinski definition) is 14.